The van der Waals surface area contributed by atoms with Crippen LogP contribution in [0.3, 0.4) is 0 Å². The number of ketones is 1. The molecule has 0 radical (unpaired) electrons. The van der Waals surface area contributed by atoms with Crippen molar-refractivity contribution < 1.29 is 19.4 Å². The number of hydrogen-bond donors (Lipinski definition) is 1. The lowest BCUT2D eigenvalue weighted by atomic mass is 9.96. The van der Waals surface area contributed by atoms with E-state index < -0.39 is 17.7 Å². The quantitative estimate of drug-likeness (QED) is 0.448. The van der Waals surface area contributed by atoms with Crippen LogP contribution in [0.1, 0.15) is 17.2 Å². The van der Waals surface area contributed by atoms with E-state index in [-0.39, 0.29) is 11.3 Å². The SMILES string of the molecule is O=C1C(=O)N(CCN2CCOCC2)[C@H](c2ccncc2)/C1=C(\O)c1ccc(Cl)cc1. The molecule has 0 unspecified atom stereocenters. The van der Waals surface area contributed by atoms with Gasteiger partial charge in [0.1, 0.15) is 5.76 Å². The summed E-state index contributed by atoms with van der Waals surface area (Å²) in [5.74, 6) is -1.51. The van der Waals surface area contributed by atoms with Crippen molar-refractivity contribution in [3.8, 4) is 0 Å². The number of morpholine rings is 1. The number of aromatic nitrogens is 1. The van der Waals surface area contributed by atoms with Gasteiger partial charge in [0.2, 0.25) is 0 Å². The highest BCUT2D eigenvalue weighted by Gasteiger charge is 2.46. The highest BCUT2D eigenvalue weighted by molar-refractivity contribution is 6.46. The Morgan fingerprint density at radius 3 is 2.40 bits per heavy atom. The molecule has 0 bridgehead atoms. The van der Waals surface area contributed by atoms with Gasteiger partial charge in [-0.25, -0.2) is 0 Å². The van der Waals surface area contributed by atoms with Crippen molar-refractivity contribution in [1.82, 2.24) is 14.8 Å². The fraction of sp³-hybridized carbons (Fsp3) is 0.318. The van der Waals surface area contributed by atoms with Gasteiger partial charge < -0.3 is 14.7 Å². The summed E-state index contributed by atoms with van der Waals surface area (Å²) in [6.45, 7) is 3.88. The summed E-state index contributed by atoms with van der Waals surface area (Å²) in [6.07, 6.45) is 3.22. The number of carbonyl (C=O) groups excluding carboxylic acids is 2. The zero-order valence-corrected chi connectivity index (χ0v) is 17.1. The second-order valence-corrected chi connectivity index (χ2v) is 7.67. The number of benzene rings is 1. The lowest BCUT2D eigenvalue weighted by molar-refractivity contribution is -0.140. The first kappa shape index (κ1) is 20.5. The molecule has 2 aromatic rings. The third-order valence-electron chi connectivity index (χ3n) is 5.44. The second kappa shape index (κ2) is 8.95. The third-order valence-corrected chi connectivity index (χ3v) is 5.69. The molecule has 1 aromatic carbocycles. The van der Waals surface area contributed by atoms with Gasteiger partial charge in [0.15, 0.2) is 0 Å². The number of likely N-dealkylation sites (tertiary alicyclic amines) is 1. The number of amides is 1. The molecule has 4 rings (SSSR count). The summed E-state index contributed by atoms with van der Waals surface area (Å²) in [5.41, 5.74) is 1.24. The van der Waals surface area contributed by atoms with Crippen molar-refractivity contribution in [2.75, 3.05) is 39.4 Å². The first-order chi connectivity index (χ1) is 14.6. The molecule has 2 saturated heterocycles. The molecule has 1 amide bonds. The van der Waals surface area contributed by atoms with Gasteiger partial charge in [0.25, 0.3) is 11.7 Å². The highest BCUT2D eigenvalue weighted by Crippen LogP contribution is 2.39. The minimum atomic E-state index is -0.689. The normalized spacial score (nSPS) is 21.9. The fourth-order valence-electron chi connectivity index (χ4n) is 3.84. The second-order valence-electron chi connectivity index (χ2n) is 7.23. The van der Waals surface area contributed by atoms with Crippen molar-refractivity contribution in [2.24, 2.45) is 0 Å². The predicted molar refractivity (Wildman–Crippen MR) is 112 cm³/mol. The summed E-state index contributed by atoms with van der Waals surface area (Å²) in [6, 6.07) is 9.36. The number of carbonyl (C=O) groups is 2. The molecule has 7 nitrogen and oxygen atoms in total. The van der Waals surface area contributed by atoms with Crippen LogP contribution >= 0.6 is 11.6 Å². The van der Waals surface area contributed by atoms with E-state index in [2.05, 4.69) is 9.88 Å². The zero-order valence-electron chi connectivity index (χ0n) is 16.3. The van der Waals surface area contributed by atoms with E-state index in [4.69, 9.17) is 16.3 Å². The van der Waals surface area contributed by atoms with Crippen molar-refractivity contribution in [3.05, 3.63) is 70.5 Å². The van der Waals surface area contributed by atoms with Gasteiger partial charge >= 0.3 is 0 Å². The van der Waals surface area contributed by atoms with Crippen LogP contribution in [0.2, 0.25) is 5.02 Å². The number of hydrogen-bond acceptors (Lipinski definition) is 6. The van der Waals surface area contributed by atoms with Gasteiger partial charge in [-0.3, -0.25) is 19.5 Å². The molecule has 0 aliphatic carbocycles. The maximum Gasteiger partial charge on any atom is 0.295 e. The Hall–Kier alpha value is -2.74. The molecule has 0 spiro atoms. The van der Waals surface area contributed by atoms with Crippen LogP contribution in [-0.4, -0.2) is 71.0 Å². The van der Waals surface area contributed by atoms with Crippen LogP contribution in [0.4, 0.5) is 0 Å². The number of rotatable bonds is 5. The van der Waals surface area contributed by atoms with Gasteiger partial charge in [0, 0.05) is 49.2 Å². The number of Topliss-reactive ketones (excluding diaryl/α,β-unsaturated/α-hetero) is 1. The maximum absolute atomic E-state index is 12.9. The summed E-state index contributed by atoms with van der Waals surface area (Å²) in [7, 11) is 0. The molecule has 8 heteroatoms. The first-order valence-electron chi connectivity index (χ1n) is 9.80. The third kappa shape index (κ3) is 4.09. The van der Waals surface area contributed by atoms with Crippen LogP contribution in [0.25, 0.3) is 5.76 Å². The van der Waals surface area contributed by atoms with E-state index >= 15 is 0 Å². The molecule has 1 atom stereocenters. The fourth-order valence-corrected chi connectivity index (χ4v) is 3.97. The van der Waals surface area contributed by atoms with E-state index in [0.717, 1.165) is 18.7 Å². The van der Waals surface area contributed by atoms with Crippen molar-refractivity contribution >= 4 is 29.1 Å². The molecular formula is C22H22ClN3O4. The van der Waals surface area contributed by atoms with Gasteiger partial charge in [-0.15, -0.1) is 0 Å². The molecule has 30 heavy (non-hydrogen) atoms. The summed E-state index contributed by atoms with van der Waals surface area (Å²) in [5, 5.41) is 11.5. The van der Waals surface area contributed by atoms with Crippen molar-refractivity contribution in [1.29, 1.82) is 0 Å². The molecule has 3 heterocycles. The van der Waals surface area contributed by atoms with Crippen LogP contribution in [0.15, 0.2) is 54.4 Å². The number of ether oxygens (including phenoxy) is 1. The molecule has 156 valence electrons. The molecule has 1 aromatic heterocycles. The smallest absolute Gasteiger partial charge is 0.295 e. The van der Waals surface area contributed by atoms with E-state index in [1.54, 1.807) is 48.8 Å². The molecule has 2 aliphatic heterocycles. The molecule has 2 fully saturated rings. The summed E-state index contributed by atoms with van der Waals surface area (Å²) >= 11 is 5.94. The Morgan fingerprint density at radius 1 is 1.07 bits per heavy atom. The molecule has 1 N–H and O–H groups in total. The van der Waals surface area contributed by atoms with Crippen LogP contribution in [-0.2, 0) is 14.3 Å². The average molecular weight is 428 g/mol. The lowest BCUT2D eigenvalue weighted by Crippen LogP contribution is -2.42. The van der Waals surface area contributed by atoms with Crippen LogP contribution in [0, 0.1) is 0 Å². The Balaban J connectivity index is 1.71. The molecular weight excluding hydrogens is 406 g/mol. The summed E-state index contributed by atoms with van der Waals surface area (Å²) in [4.78, 5) is 33.6. The Labute approximate surface area is 179 Å². The van der Waals surface area contributed by atoms with Crippen LogP contribution in [0.5, 0.6) is 0 Å². The van der Waals surface area contributed by atoms with Crippen molar-refractivity contribution in [2.45, 2.75) is 6.04 Å². The van der Waals surface area contributed by atoms with E-state index in [0.29, 0.717) is 36.9 Å². The number of aliphatic hydroxyl groups excluding tert-OH is 1. The molecule has 2 aliphatic rings. The largest absolute Gasteiger partial charge is 0.507 e. The van der Waals surface area contributed by atoms with E-state index in [1.807, 2.05) is 0 Å². The lowest BCUT2D eigenvalue weighted by Gasteiger charge is -2.30. The number of pyridine rings is 1. The minimum absolute atomic E-state index is 0.0792. The Bertz CT molecular complexity index is 956. The maximum atomic E-state index is 12.9. The average Bonchev–Trinajstić information content (AvgIpc) is 3.04. The predicted octanol–water partition coefficient (Wildman–Crippen LogP) is 2.49. The highest BCUT2D eigenvalue weighted by atomic mass is 35.5. The van der Waals surface area contributed by atoms with Gasteiger partial charge in [0.05, 0.1) is 24.8 Å². The first-order valence-corrected chi connectivity index (χ1v) is 10.2. The van der Waals surface area contributed by atoms with Gasteiger partial charge in [-0.2, -0.15) is 0 Å². The van der Waals surface area contributed by atoms with E-state index in [1.165, 1.54) is 4.90 Å². The standard InChI is InChI=1S/C22H22ClN3O4/c23-17-3-1-16(2-4-17)20(27)18-19(15-5-7-24-8-6-15)26(22(29)21(18)28)10-9-25-11-13-30-14-12-25/h1-8,19,27H,9-14H2/b20-18+/t19-/m1/s1. The number of aliphatic hydroxyl groups is 1. The van der Waals surface area contributed by atoms with Crippen LogP contribution < -0.4 is 0 Å². The van der Waals surface area contributed by atoms with Gasteiger partial charge in [-0.05, 0) is 42.0 Å². The van der Waals surface area contributed by atoms with Gasteiger partial charge in [-0.1, -0.05) is 11.6 Å². The van der Waals surface area contributed by atoms with Crippen molar-refractivity contribution in [3.63, 3.8) is 0 Å². The summed E-state index contributed by atoms with van der Waals surface area (Å²) < 4.78 is 5.37. The number of halogens is 1. The zero-order chi connectivity index (χ0) is 21.1. The minimum Gasteiger partial charge on any atom is -0.507 e. The van der Waals surface area contributed by atoms with E-state index in [9.17, 15) is 14.7 Å². The Kier molecular flexibility index (Phi) is 6.13. The molecule has 0 saturated carbocycles. The Morgan fingerprint density at radius 2 is 1.73 bits per heavy atom. The topological polar surface area (TPSA) is 83.0 Å². The number of nitrogens with zero attached hydrogens (tertiary/aromatic N) is 3. The monoisotopic (exact) mass is 427 g/mol.